The zero-order valence-corrected chi connectivity index (χ0v) is 12.3. The number of carbonyl (C=O) groups excluding carboxylic acids is 1. The summed E-state index contributed by atoms with van der Waals surface area (Å²) in [7, 11) is 3.05. The average Bonchev–Trinajstić information content (AvgIpc) is 2.49. The van der Waals surface area contributed by atoms with Gasteiger partial charge in [0.1, 0.15) is 5.15 Å². The van der Waals surface area contributed by atoms with Crippen LogP contribution in [0.25, 0.3) is 0 Å². The quantitative estimate of drug-likeness (QED) is 0.848. The number of halogens is 1. The minimum atomic E-state index is -0.410. The van der Waals surface area contributed by atoms with Crippen LogP contribution in [0, 0.1) is 0 Å². The maximum atomic E-state index is 12.2. The van der Waals surface area contributed by atoms with E-state index in [1.165, 1.54) is 26.5 Å². The zero-order chi connectivity index (χ0) is 15.4. The van der Waals surface area contributed by atoms with Crippen molar-refractivity contribution in [3.8, 4) is 11.5 Å². The number of nitrogens with zero attached hydrogens (tertiary/aromatic N) is 1. The number of nitrogen functional groups attached to an aromatic ring is 1. The Morgan fingerprint density at radius 1 is 1.24 bits per heavy atom. The average molecular weight is 308 g/mol. The number of methoxy groups -OCH3 is 2. The smallest absolute Gasteiger partial charge is 0.258 e. The van der Waals surface area contributed by atoms with Crippen LogP contribution >= 0.6 is 11.6 Å². The first-order valence-corrected chi connectivity index (χ1v) is 6.37. The van der Waals surface area contributed by atoms with E-state index in [9.17, 15) is 4.79 Å². The molecule has 0 saturated heterocycles. The molecule has 3 N–H and O–H groups in total. The van der Waals surface area contributed by atoms with Crippen LogP contribution in [0.15, 0.2) is 30.5 Å². The van der Waals surface area contributed by atoms with Crippen LogP contribution in [0.1, 0.15) is 10.4 Å². The van der Waals surface area contributed by atoms with Gasteiger partial charge in [0.15, 0.2) is 11.5 Å². The van der Waals surface area contributed by atoms with Crippen molar-refractivity contribution in [2.24, 2.45) is 0 Å². The zero-order valence-electron chi connectivity index (χ0n) is 11.5. The van der Waals surface area contributed by atoms with Gasteiger partial charge in [0, 0.05) is 11.8 Å². The highest BCUT2D eigenvalue weighted by molar-refractivity contribution is 6.33. The van der Waals surface area contributed by atoms with Crippen molar-refractivity contribution in [3.63, 3.8) is 0 Å². The van der Waals surface area contributed by atoms with Gasteiger partial charge in [0.2, 0.25) is 0 Å². The molecule has 110 valence electrons. The van der Waals surface area contributed by atoms with Crippen LogP contribution in [0.4, 0.5) is 11.4 Å². The van der Waals surface area contributed by atoms with E-state index in [1.807, 2.05) is 0 Å². The van der Waals surface area contributed by atoms with Crippen LogP contribution in [-0.4, -0.2) is 25.1 Å². The van der Waals surface area contributed by atoms with E-state index in [4.69, 9.17) is 26.8 Å². The Morgan fingerprint density at radius 3 is 2.62 bits per heavy atom. The van der Waals surface area contributed by atoms with E-state index in [0.717, 1.165) is 0 Å². The molecule has 1 amide bonds. The minimum Gasteiger partial charge on any atom is -0.493 e. The molecule has 2 rings (SSSR count). The molecule has 1 heterocycles. The summed E-state index contributed by atoms with van der Waals surface area (Å²) in [5.74, 6) is 0.665. The van der Waals surface area contributed by atoms with E-state index in [2.05, 4.69) is 10.3 Å². The van der Waals surface area contributed by atoms with Crippen molar-refractivity contribution in [2.45, 2.75) is 0 Å². The lowest BCUT2D eigenvalue weighted by atomic mass is 10.2. The topological polar surface area (TPSA) is 86.5 Å². The number of benzene rings is 1. The Labute approximate surface area is 126 Å². The Bertz CT molecular complexity index is 677. The molecule has 2 aromatic rings. The third kappa shape index (κ3) is 3.35. The van der Waals surface area contributed by atoms with Gasteiger partial charge >= 0.3 is 0 Å². The standard InChI is InChI=1S/C14H14ClN3O3/c1-20-11-4-3-9(6-12(11)21-2)18-14(19)10-5-8(16)7-17-13(10)15/h3-7H,16H2,1-2H3,(H,18,19). The second-order valence-corrected chi connectivity index (χ2v) is 4.49. The Hall–Kier alpha value is -2.47. The lowest BCUT2D eigenvalue weighted by Crippen LogP contribution is -2.13. The third-order valence-corrected chi connectivity index (χ3v) is 3.05. The Balaban J connectivity index is 2.25. The number of carbonyl (C=O) groups is 1. The molecule has 1 aromatic carbocycles. The molecule has 6 nitrogen and oxygen atoms in total. The number of anilines is 2. The maximum Gasteiger partial charge on any atom is 0.258 e. The molecule has 0 aliphatic heterocycles. The van der Waals surface area contributed by atoms with Crippen molar-refractivity contribution < 1.29 is 14.3 Å². The number of rotatable bonds is 4. The van der Waals surface area contributed by atoms with Crippen LogP contribution < -0.4 is 20.5 Å². The SMILES string of the molecule is COc1ccc(NC(=O)c2cc(N)cnc2Cl)cc1OC. The molecule has 21 heavy (non-hydrogen) atoms. The van der Waals surface area contributed by atoms with Crippen LogP contribution in [-0.2, 0) is 0 Å². The molecule has 0 radical (unpaired) electrons. The van der Waals surface area contributed by atoms with Gasteiger partial charge in [-0.2, -0.15) is 0 Å². The van der Waals surface area contributed by atoms with Gasteiger partial charge in [-0.1, -0.05) is 11.6 Å². The Kier molecular flexibility index (Phi) is 4.49. The van der Waals surface area contributed by atoms with Gasteiger partial charge in [-0.15, -0.1) is 0 Å². The second-order valence-electron chi connectivity index (χ2n) is 4.13. The lowest BCUT2D eigenvalue weighted by molar-refractivity contribution is 0.102. The number of amides is 1. The van der Waals surface area contributed by atoms with E-state index >= 15 is 0 Å². The number of ether oxygens (including phenoxy) is 2. The highest BCUT2D eigenvalue weighted by atomic mass is 35.5. The number of aromatic nitrogens is 1. The second kappa shape index (κ2) is 6.32. The predicted octanol–water partition coefficient (Wildman–Crippen LogP) is 2.59. The molecular weight excluding hydrogens is 294 g/mol. The van der Waals surface area contributed by atoms with Crippen molar-refractivity contribution in [2.75, 3.05) is 25.3 Å². The fourth-order valence-electron chi connectivity index (χ4n) is 1.74. The summed E-state index contributed by atoms with van der Waals surface area (Å²) in [6.45, 7) is 0. The van der Waals surface area contributed by atoms with Crippen LogP contribution in [0.5, 0.6) is 11.5 Å². The lowest BCUT2D eigenvalue weighted by Gasteiger charge is -2.11. The largest absolute Gasteiger partial charge is 0.493 e. The fraction of sp³-hybridized carbons (Fsp3) is 0.143. The van der Waals surface area contributed by atoms with Gasteiger partial charge in [-0.05, 0) is 18.2 Å². The number of hydrogen-bond donors (Lipinski definition) is 2. The van der Waals surface area contributed by atoms with Gasteiger partial charge in [-0.3, -0.25) is 4.79 Å². The molecule has 0 bridgehead atoms. The maximum absolute atomic E-state index is 12.2. The third-order valence-electron chi connectivity index (χ3n) is 2.75. The number of nitrogens with two attached hydrogens (primary N) is 1. The Morgan fingerprint density at radius 2 is 1.95 bits per heavy atom. The number of nitrogens with one attached hydrogen (secondary N) is 1. The van der Waals surface area contributed by atoms with Gasteiger partial charge < -0.3 is 20.5 Å². The first-order chi connectivity index (χ1) is 10.0. The summed E-state index contributed by atoms with van der Waals surface area (Å²) in [4.78, 5) is 16.0. The van der Waals surface area contributed by atoms with Crippen molar-refractivity contribution in [1.82, 2.24) is 4.98 Å². The first-order valence-electron chi connectivity index (χ1n) is 5.99. The summed E-state index contributed by atoms with van der Waals surface area (Å²) >= 11 is 5.89. The molecule has 7 heteroatoms. The predicted molar refractivity (Wildman–Crippen MR) is 81.2 cm³/mol. The molecule has 0 unspecified atom stereocenters. The summed E-state index contributed by atoms with van der Waals surface area (Å²) in [6.07, 6.45) is 1.38. The number of hydrogen-bond acceptors (Lipinski definition) is 5. The van der Waals surface area contributed by atoms with E-state index < -0.39 is 5.91 Å². The molecule has 0 atom stereocenters. The van der Waals surface area contributed by atoms with Gasteiger partial charge in [0.25, 0.3) is 5.91 Å². The van der Waals surface area contributed by atoms with E-state index in [0.29, 0.717) is 22.9 Å². The molecular formula is C14H14ClN3O3. The fourth-order valence-corrected chi connectivity index (χ4v) is 1.93. The van der Waals surface area contributed by atoms with E-state index in [-0.39, 0.29) is 10.7 Å². The summed E-state index contributed by atoms with van der Waals surface area (Å²) in [5, 5.41) is 2.78. The molecule has 1 aromatic heterocycles. The van der Waals surface area contributed by atoms with Gasteiger partial charge in [0.05, 0.1) is 31.7 Å². The van der Waals surface area contributed by atoms with Crippen LogP contribution in [0.2, 0.25) is 5.15 Å². The minimum absolute atomic E-state index is 0.0853. The van der Waals surface area contributed by atoms with Crippen molar-refractivity contribution in [1.29, 1.82) is 0 Å². The summed E-state index contributed by atoms with van der Waals surface area (Å²) < 4.78 is 10.3. The van der Waals surface area contributed by atoms with Crippen molar-refractivity contribution in [3.05, 3.63) is 41.2 Å². The monoisotopic (exact) mass is 307 g/mol. The molecule has 0 saturated carbocycles. The summed E-state index contributed by atoms with van der Waals surface area (Å²) in [5.41, 5.74) is 6.70. The van der Waals surface area contributed by atoms with Gasteiger partial charge in [-0.25, -0.2) is 4.98 Å². The molecule has 0 aliphatic carbocycles. The molecule has 0 fully saturated rings. The molecule has 0 aliphatic rings. The normalized spacial score (nSPS) is 10.0. The van der Waals surface area contributed by atoms with E-state index in [1.54, 1.807) is 18.2 Å². The molecule has 0 spiro atoms. The first kappa shape index (κ1) is 14.9. The van der Waals surface area contributed by atoms with Crippen molar-refractivity contribution >= 4 is 28.9 Å². The summed E-state index contributed by atoms with van der Waals surface area (Å²) in [6, 6.07) is 6.48. The number of pyridine rings is 1. The highest BCUT2D eigenvalue weighted by Crippen LogP contribution is 2.30. The highest BCUT2D eigenvalue weighted by Gasteiger charge is 2.13. The van der Waals surface area contributed by atoms with Crippen LogP contribution in [0.3, 0.4) is 0 Å².